The molecule has 0 spiro atoms. The van der Waals surface area contributed by atoms with Gasteiger partial charge in [-0.05, 0) is 6.92 Å². The molecule has 2 heterocycles. The third-order valence-corrected chi connectivity index (χ3v) is 3.22. The Morgan fingerprint density at radius 2 is 2.15 bits per heavy atom. The van der Waals surface area contributed by atoms with Crippen molar-refractivity contribution in [2.45, 2.75) is 19.8 Å². The predicted molar refractivity (Wildman–Crippen MR) is 53.3 cm³/mol. The van der Waals surface area contributed by atoms with Gasteiger partial charge in [-0.2, -0.15) is 0 Å². The predicted octanol–water partition coefficient (Wildman–Crippen LogP) is 1.62. The molecule has 0 bridgehead atoms. The van der Waals surface area contributed by atoms with Crippen LogP contribution in [0.1, 0.15) is 18.5 Å². The lowest BCUT2D eigenvalue weighted by atomic mass is 10.1. The van der Waals surface area contributed by atoms with Gasteiger partial charge in [-0.15, -0.1) is 11.3 Å². The van der Waals surface area contributed by atoms with E-state index in [0.29, 0.717) is 18.6 Å². The maximum absolute atomic E-state index is 11.0. The van der Waals surface area contributed by atoms with Crippen LogP contribution in [-0.2, 0) is 4.79 Å². The van der Waals surface area contributed by atoms with E-state index in [2.05, 4.69) is 9.88 Å². The molecule has 4 heteroatoms. The lowest BCUT2D eigenvalue weighted by Crippen LogP contribution is -2.33. The Labute approximate surface area is 81.4 Å². The molecular formula is C9H12N2OS. The highest BCUT2D eigenvalue weighted by atomic mass is 32.1. The third-order valence-electron chi connectivity index (χ3n) is 2.20. The smallest absolute Gasteiger partial charge is 0.185 e. The lowest BCUT2D eigenvalue weighted by Gasteiger charge is -2.25. The summed E-state index contributed by atoms with van der Waals surface area (Å²) in [4.78, 5) is 17.6. The summed E-state index contributed by atoms with van der Waals surface area (Å²) in [5, 5.41) is 3.11. The van der Waals surface area contributed by atoms with Crippen LogP contribution in [0.2, 0.25) is 0 Å². The van der Waals surface area contributed by atoms with Crippen LogP contribution < -0.4 is 4.90 Å². The van der Waals surface area contributed by atoms with Crippen LogP contribution in [0.4, 0.5) is 5.13 Å². The van der Waals surface area contributed by atoms with Crippen molar-refractivity contribution in [3.05, 3.63) is 11.1 Å². The van der Waals surface area contributed by atoms with E-state index in [4.69, 9.17) is 0 Å². The van der Waals surface area contributed by atoms with Crippen molar-refractivity contribution in [2.75, 3.05) is 18.0 Å². The summed E-state index contributed by atoms with van der Waals surface area (Å²) >= 11 is 1.66. The molecule has 1 aliphatic heterocycles. The number of aromatic nitrogens is 1. The summed E-state index contributed by atoms with van der Waals surface area (Å²) in [7, 11) is 0. The SMILES string of the molecule is Cc1csc(N2CCC(=O)CC2)n1. The van der Waals surface area contributed by atoms with E-state index in [0.717, 1.165) is 23.9 Å². The molecule has 0 N–H and O–H groups in total. The monoisotopic (exact) mass is 196 g/mol. The fraction of sp³-hybridized carbons (Fsp3) is 0.556. The maximum Gasteiger partial charge on any atom is 0.185 e. The van der Waals surface area contributed by atoms with Gasteiger partial charge in [-0.25, -0.2) is 4.98 Å². The summed E-state index contributed by atoms with van der Waals surface area (Å²) in [6.45, 7) is 3.67. The van der Waals surface area contributed by atoms with Crippen LogP contribution in [0, 0.1) is 6.92 Å². The van der Waals surface area contributed by atoms with Crippen LogP contribution in [0.15, 0.2) is 5.38 Å². The number of Topliss-reactive ketones (excluding diaryl/α,β-unsaturated/α-hetero) is 1. The number of anilines is 1. The highest BCUT2D eigenvalue weighted by Gasteiger charge is 2.17. The molecule has 70 valence electrons. The first-order valence-corrected chi connectivity index (χ1v) is 5.32. The van der Waals surface area contributed by atoms with Gasteiger partial charge in [0.25, 0.3) is 0 Å². The largest absolute Gasteiger partial charge is 0.347 e. The molecule has 0 radical (unpaired) electrons. The lowest BCUT2D eigenvalue weighted by molar-refractivity contribution is -0.119. The fourth-order valence-corrected chi connectivity index (χ4v) is 2.29. The topological polar surface area (TPSA) is 33.2 Å². The average Bonchev–Trinajstić information content (AvgIpc) is 2.53. The van der Waals surface area contributed by atoms with Crippen molar-refractivity contribution in [2.24, 2.45) is 0 Å². The van der Waals surface area contributed by atoms with Crippen molar-refractivity contribution in [1.82, 2.24) is 4.98 Å². The first-order chi connectivity index (χ1) is 6.25. The minimum absolute atomic E-state index is 0.379. The Morgan fingerprint density at radius 1 is 1.46 bits per heavy atom. The Kier molecular flexibility index (Phi) is 2.31. The summed E-state index contributed by atoms with van der Waals surface area (Å²) in [6, 6.07) is 0. The maximum atomic E-state index is 11.0. The van der Waals surface area contributed by atoms with Gasteiger partial charge in [0.2, 0.25) is 0 Å². The van der Waals surface area contributed by atoms with Gasteiger partial charge < -0.3 is 4.90 Å². The number of ketones is 1. The zero-order valence-electron chi connectivity index (χ0n) is 7.62. The molecule has 0 aromatic carbocycles. The van der Waals surface area contributed by atoms with E-state index < -0.39 is 0 Å². The van der Waals surface area contributed by atoms with Gasteiger partial charge in [0, 0.05) is 31.3 Å². The standard InChI is InChI=1S/C9H12N2OS/c1-7-6-13-9(10-7)11-4-2-8(12)3-5-11/h6H,2-5H2,1H3. The van der Waals surface area contributed by atoms with Crippen LogP contribution in [0.5, 0.6) is 0 Å². The summed E-state index contributed by atoms with van der Waals surface area (Å²) in [6.07, 6.45) is 1.36. The van der Waals surface area contributed by atoms with E-state index in [9.17, 15) is 4.79 Å². The van der Waals surface area contributed by atoms with E-state index in [1.807, 2.05) is 12.3 Å². The molecule has 1 aromatic rings. The molecule has 0 atom stereocenters. The Morgan fingerprint density at radius 3 is 2.69 bits per heavy atom. The van der Waals surface area contributed by atoms with Gasteiger partial charge >= 0.3 is 0 Å². The van der Waals surface area contributed by atoms with E-state index in [1.165, 1.54) is 0 Å². The van der Waals surface area contributed by atoms with Crippen LogP contribution in [-0.4, -0.2) is 23.9 Å². The molecule has 0 saturated carbocycles. The van der Waals surface area contributed by atoms with Crippen LogP contribution in [0.3, 0.4) is 0 Å². The number of carbonyl (C=O) groups is 1. The molecule has 13 heavy (non-hydrogen) atoms. The molecule has 1 fully saturated rings. The second-order valence-corrected chi connectivity index (χ2v) is 4.13. The quantitative estimate of drug-likeness (QED) is 0.684. The number of thiazole rings is 1. The molecule has 0 aliphatic carbocycles. The first kappa shape index (κ1) is 8.69. The number of carbonyl (C=O) groups excluding carboxylic acids is 1. The number of aryl methyl sites for hydroxylation is 1. The van der Waals surface area contributed by atoms with E-state index in [1.54, 1.807) is 11.3 Å². The molecule has 2 rings (SSSR count). The number of rotatable bonds is 1. The fourth-order valence-electron chi connectivity index (χ4n) is 1.43. The highest BCUT2D eigenvalue weighted by Crippen LogP contribution is 2.22. The second kappa shape index (κ2) is 3.46. The number of hydrogen-bond acceptors (Lipinski definition) is 4. The van der Waals surface area contributed by atoms with Gasteiger partial charge in [0.15, 0.2) is 5.13 Å². The summed E-state index contributed by atoms with van der Waals surface area (Å²) in [5.41, 5.74) is 1.07. The first-order valence-electron chi connectivity index (χ1n) is 4.44. The van der Waals surface area contributed by atoms with Crippen LogP contribution in [0.25, 0.3) is 0 Å². The normalized spacial score (nSPS) is 17.9. The van der Waals surface area contributed by atoms with Crippen molar-refractivity contribution in [3.8, 4) is 0 Å². The molecule has 3 nitrogen and oxygen atoms in total. The zero-order chi connectivity index (χ0) is 9.26. The molecule has 1 saturated heterocycles. The van der Waals surface area contributed by atoms with Gasteiger partial charge in [0.1, 0.15) is 5.78 Å². The Bertz CT molecular complexity index is 311. The van der Waals surface area contributed by atoms with Gasteiger partial charge in [0.05, 0.1) is 5.69 Å². The van der Waals surface area contributed by atoms with E-state index >= 15 is 0 Å². The van der Waals surface area contributed by atoms with E-state index in [-0.39, 0.29) is 0 Å². The van der Waals surface area contributed by atoms with Gasteiger partial charge in [-0.1, -0.05) is 0 Å². The number of piperidine rings is 1. The Hall–Kier alpha value is -0.900. The number of hydrogen-bond donors (Lipinski definition) is 0. The van der Waals surface area contributed by atoms with Crippen LogP contribution >= 0.6 is 11.3 Å². The average molecular weight is 196 g/mol. The van der Waals surface area contributed by atoms with Crippen molar-refractivity contribution >= 4 is 22.3 Å². The molecule has 0 unspecified atom stereocenters. The third kappa shape index (κ3) is 1.88. The highest BCUT2D eigenvalue weighted by molar-refractivity contribution is 7.13. The number of nitrogens with zero attached hydrogens (tertiary/aromatic N) is 2. The second-order valence-electron chi connectivity index (χ2n) is 3.30. The summed E-state index contributed by atoms with van der Waals surface area (Å²) < 4.78 is 0. The molecule has 1 aliphatic rings. The summed E-state index contributed by atoms with van der Waals surface area (Å²) in [5.74, 6) is 0.379. The zero-order valence-corrected chi connectivity index (χ0v) is 8.43. The van der Waals surface area contributed by atoms with Gasteiger partial charge in [-0.3, -0.25) is 4.79 Å². The Balaban J connectivity index is 2.06. The minimum atomic E-state index is 0.379. The van der Waals surface area contributed by atoms with Crippen molar-refractivity contribution in [1.29, 1.82) is 0 Å². The van der Waals surface area contributed by atoms with Crippen molar-refractivity contribution < 1.29 is 4.79 Å². The molecule has 0 amide bonds. The molecule has 1 aromatic heterocycles. The molecular weight excluding hydrogens is 184 g/mol. The minimum Gasteiger partial charge on any atom is -0.347 e. The van der Waals surface area contributed by atoms with Crippen molar-refractivity contribution in [3.63, 3.8) is 0 Å².